The minimum atomic E-state index is -2.24. The largest absolute Gasteiger partial charge is 0.504 e. The van der Waals surface area contributed by atoms with Gasteiger partial charge in [0.15, 0.2) is 11.5 Å². The normalized spacial score (nSPS) is 13.0. The molecule has 2 aromatic rings. The van der Waals surface area contributed by atoms with E-state index in [2.05, 4.69) is 0 Å². The highest BCUT2D eigenvalue weighted by Gasteiger charge is 2.38. The monoisotopic (exact) mass is 379 g/mol. The first-order valence-corrected chi connectivity index (χ1v) is 7.76. The Balaban J connectivity index is 2.52. The highest BCUT2D eigenvalue weighted by molar-refractivity contribution is 6.35. The van der Waals surface area contributed by atoms with Crippen LogP contribution in [0.3, 0.4) is 0 Å². The number of hydrogen-bond donors (Lipinski definition) is 5. The molecule has 1 atom stereocenters. The number of phenolic OH excluding ortho intramolecular Hbond substituents is 3. The third kappa shape index (κ3) is 4.33. The number of Topliss-reactive ketones (excluding diaryl/α,β-unsaturated/α-hetero) is 1. The molecule has 0 aliphatic carbocycles. The average molecular weight is 379 g/mol. The lowest BCUT2D eigenvalue weighted by Gasteiger charge is -2.29. The first-order chi connectivity index (χ1) is 12.5. The maximum absolute atomic E-state index is 13.5. The zero-order chi connectivity index (χ0) is 20.4. The molecule has 8 nitrogen and oxygen atoms in total. The Morgan fingerprint density at radius 3 is 2.37 bits per heavy atom. The molecule has 0 saturated heterocycles. The van der Waals surface area contributed by atoms with E-state index in [4.69, 9.17) is 5.21 Å². The maximum Gasteiger partial charge on any atom is 0.313 e. The third-order valence-corrected chi connectivity index (χ3v) is 4.00. The number of aliphatic hydroxyl groups is 1. The summed E-state index contributed by atoms with van der Waals surface area (Å²) >= 11 is 0. The number of nitrogens with zero attached hydrogens (tertiary/aromatic N) is 1. The minimum Gasteiger partial charge on any atom is -0.504 e. The van der Waals surface area contributed by atoms with Gasteiger partial charge in [-0.2, -0.15) is 0 Å². The van der Waals surface area contributed by atoms with Crippen LogP contribution in [-0.4, -0.2) is 49.4 Å². The number of ketones is 1. The van der Waals surface area contributed by atoms with E-state index >= 15 is 0 Å². The number of rotatable bonds is 6. The SMILES string of the molecule is CN(O)C(=O)C(=O)C[C@](O)(Cc1cccc(F)c1)c1ccc(O)c(O)c1O. The van der Waals surface area contributed by atoms with Gasteiger partial charge in [-0.3, -0.25) is 14.8 Å². The van der Waals surface area contributed by atoms with Crippen molar-refractivity contribution in [3.05, 3.63) is 53.3 Å². The van der Waals surface area contributed by atoms with Crippen molar-refractivity contribution in [2.45, 2.75) is 18.4 Å². The summed E-state index contributed by atoms with van der Waals surface area (Å²) < 4.78 is 13.5. The summed E-state index contributed by atoms with van der Waals surface area (Å²) in [5.41, 5.74) is -2.36. The van der Waals surface area contributed by atoms with Gasteiger partial charge < -0.3 is 20.4 Å². The van der Waals surface area contributed by atoms with Crippen molar-refractivity contribution < 1.29 is 39.6 Å². The maximum atomic E-state index is 13.5. The van der Waals surface area contributed by atoms with Gasteiger partial charge in [0, 0.05) is 25.5 Å². The molecule has 2 aromatic carbocycles. The fourth-order valence-corrected chi connectivity index (χ4v) is 2.70. The standard InChI is InChI=1S/C18H18FNO7/c1-20(27)17(25)14(22)9-18(26,8-10-3-2-4-11(19)7-10)12-5-6-13(21)16(24)15(12)23/h2-7,21,23-24,26-27H,8-9H2,1H3/t18-/m1/s1. The Labute approximate surface area is 153 Å². The van der Waals surface area contributed by atoms with E-state index < -0.39 is 53.2 Å². The Hall–Kier alpha value is -3.17. The number of aromatic hydroxyl groups is 3. The molecule has 0 unspecified atom stereocenters. The van der Waals surface area contributed by atoms with E-state index in [1.54, 1.807) is 0 Å². The van der Waals surface area contributed by atoms with Crippen LogP contribution in [-0.2, 0) is 21.6 Å². The number of amides is 1. The quantitative estimate of drug-likeness (QED) is 0.220. The van der Waals surface area contributed by atoms with Crippen LogP contribution in [0.15, 0.2) is 36.4 Å². The molecule has 0 aromatic heterocycles. The first kappa shape index (κ1) is 20.1. The molecule has 0 saturated carbocycles. The molecule has 0 heterocycles. The van der Waals surface area contributed by atoms with Crippen LogP contribution < -0.4 is 0 Å². The summed E-state index contributed by atoms with van der Waals surface area (Å²) in [5, 5.41) is 49.5. The number of hydroxylamine groups is 2. The lowest BCUT2D eigenvalue weighted by molar-refractivity contribution is -0.167. The zero-order valence-corrected chi connectivity index (χ0v) is 14.3. The van der Waals surface area contributed by atoms with Crippen LogP contribution in [0.2, 0.25) is 0 Å². The molecule has 0 bridgehead atoms. The molecule has 0 radical (unpaired) electrons. The summed E-state index contributed by atoms with van der Waals surface area (Å²) in [5.74, 6) is -5.59. The van der Waals surface area contributed by atoms with Crippen molar-refractivity contribution >= 4 is 11.7 Å². The van der Waals surface area contributed by atoms with E-state index in [1.165, 1.54) is 18.2 Å². The van der Waals surface area contributed by atoms with Gasteiger partial charge >= 0.3 is 5.91 Å². The van der Waals surface area contributed by atoms with Gasteiger partial charge in [-0.25, -0.2) is 9.45 Å². The van der Waals surface area contributed by atoms with Crippen LogP contribution in [0.4, 0.5) is 4.39 Å². The predicted octanol–water partition coefficient (Wildman–Crippen LogP) is 1.18. The van der Waals surface area contributed by atoms with Crippen molar-refractivity contribution in [3.8, 4) is 17.2 Å². The van der Waals surface area contributed by atoms with Gasteiger partial charge in [-0.1, -0.05) is 12.1 Å². The summed E-state index contributed by atoms with van der Waals surface area (Å²) in [6, 6.07) is 7.12. The number of likely N-dealkylation sites (N-methyl/N-ethyl adjacent to an activating group) is 1. The molecule has 0 spiro atoms. The molecule has 27 heavy (non-hydrogen) atoms. The fourth-order valence-electron chi connectivity index (χ4n) is 2.70. The van der Waals surface area contributed by atoms with E-state index in [0.717, 1.165) is 25.2 Å². The van der Waals surface area contributed by atoms with Crippen molar-refractivity contribution in [1.82, 2.24) is 5.06 Å². The predicted molar refractivity (Wildman–Crippen MR) is 89.6 cm³/mol. The second-order valence-corrected chi connectivity index (χ2v) is 6.10. The van der Waals surface area contributed by atoms with E-state index in [-0.39, 0.29) is 16.2 Å². The van der Waals surface area contributed by atoms with Gasteiger partial charge in [0.1, 0.15) is 11.4 Å². The molecule has 144 valence electrons. The highest BCUT2D eigenvalue weighted by atomic mass is 19.1. The molecular weight excluding hydrogens is 361 g/mol. The molecule has 0 aliphatic rings. The average Bonchev–Trinajstić information content (AvgIpc) is 2.58. The Kier molecular flexibility index (Phi) is 5.67. The number of carbonyl (C=O) groups excluding carboxylic acids is 2. The molecule has 0 fully saturated rings. The summed E-state index contributed by atoms with van der Waals surface area (Å²) in [6.45, 7) is 0. The van der Waals surface area contributed by atoms with E-state index in [1.807, 2.05) is 0 Å². The first-order valence-electron chi connectivity index (χ1n) is 7.76. The third-order valence-electron chi connectivity index (χ3n) is 4.00. The molecule has 1 amide bonds. The van der Waals surface area contributed by atoms with Crippen molar-refractivity contribution in [2.24, 2.45) is 0 Å². The molecule has 2 rings (SSSR count). The van der Waals surface area contributed by atoms with Crippen LogP contribution in [0, 0.1) is 5.82 Å². The summed E-state index contributed by atoms with van der Waals surface area (Å²) in [7, 11) is 0.926. The van der Waals surface area contributed by atoms with Crippen LogP contribution >= 0.6 is 0 Å². The second-order valence-electron chi connectivity index (χ2n) is 6.10. The Morgan fingerprint density at radius 2 is 1.78 bits per heavy atom. The van der Waals surface area contributed by atoms with Crippen LogP contribution in [0.1, 0.15) is 17.5 Å². The molecule has 0 aliphatic heterocycles. The topological polar surface area (TPSA) is 139 Å². The summed E-state index contributed by atoms with van der Waals surface area (Å²) in [4.78, 5) is 23.8. The number of hydrogen-bond acceptors (Lipinski definition) is 7. The Morgan fingerprint density at radius 1 is 1.11 bits per heavy atom. The van der Waals surface area contributed by atoms with Crippen LogP contribution in [0.5, 0.6) is 17.2 Å². The van der Waals surface area contributed by atoms with Crippen molar-refractivity contribution in [1.29, 1.82) is 0 Å². The molecule has 9 heteroatoms. The van der Waals surface area contributed by atoms with Gasteiger partial charge in [0.2, 0.25) is 11.5 Å². The molecular formula is C18H18FNO7. The lowest BCUT2D eigenvalue weighted by atomic mass is 9.82. The van der Waals surface area contributed by atoms with Crippen LogP contribution in [0.25, 0.3) is 0 Å². The minimum absolute atomic E-state index is 0.0408. The van der Waals surface area contributed by atoms with Crippen molar-refractivity contribution in [2.75, 3.05) is 7.05 Å². The second kappa shape index (κ2) is 7.60. The van der Waals surface area contributed by atoms with Crippen molar-refractivity contribution in [3.63, 3.8) is 0 Å². The van der Waals surface area contributed by atoms with Gasteiger partial charge in [0.05, 0.1) is 0 Å². The number of phenols is 3. The zero-order valence-electron chi connectivity index (χ0n) is 14.3. The van der Waals surface area contributed by atoms with Gasteiger partial charge in [0.25, 0.3) is 0 Å². The number of benzene rings is 2. The Bertz CT molecular complexity index is 884. The lowest BCUT2D eigenvalue weighted by Crippen LogP contribution is -2.38. The number of carbonyl (C=O) groups is 2. The summed E-state index contributed by atoms with van der Waals surface area (Å²) in [6.07, 6.45) is -1.29. The van der Waals surface area contributed by atoms with Gasteiger partial charge in [-0.05, 0) is 29.8 Å². The van der Waals surface area contributed by atoms with Gasteiger partial charge in [-0.15, -0.1) is 0 Å². The van der Waals surface area contributed by atoms with E-state index in [0.29, 0.717) is 0 Å². The number of halogens is 1. The molecule has 5 N–H and O–H groups in total. The highest BCUT2D eigenvalue weighted by Crippen LogP contribution is 2.44. The smallest absolute Gasteiger partial charge is 0.313 e. The van der Waals surface area contributed by atoms with E-state index in [9.17, 15) is 34.4 Å². The fraction of sp³-hybridized carbons (Fsp3) is 0.222.